The van der Waals surface area contributed by atoms with Crippen molar-refractivity contribution in [2.75, 3.05) is 18.0 Å². The van der Waals surface area contributed by atoms with Crippen molar-refractivity contribution < 1.29 is 0 Å². The van der Waals surface area contributed by atoms with Crippen molar-refractivity contribution in [2.45, 2.75) is 12.8 Å². The predicted molar refractivity (Wildman–Crippen MR) is 69.8 cm³/mol. The molecule has 0 fully saturated rings. The topological polar surface area (TPSA) is 95.9 Å². The van der Waals surface area contributed by atoms with Crippen LogP contribution in [0.1, 0.15) is 12.0 Å². The van der Waals surface area contributed by atoms with Gasteiger partial charge in [0.1, 0.15) is 5.82 Å². The highest BCUT2D eigenvalue weighted by molar-refractivity contribution is 5.58. The molecular formula is C12H17N5. The summed E-state index contributed by atoms with van der Waals surface area (Å²) < 4.78 is 1.67. The first-order valence-corrected chi connectivity index (χ1v) is 5.62. The Morgan fingerprint density at radius 1 is 1.12 bits per heavy atom. The Morgan fingerprint density at radius 2 is 1.82 bits per heavy atom. The third kappa shape index (κ3) is 2.24. The summed E-state index contributed by atoms with van der Waals surface area (Å²) in [6, 6.07) is 9.70. The van der Waals surface area contributed by atoms with Gasteiger partial charge in [0.15, 0.2) is 5.82 Å². The van der Waals surface area contributed by atoms with Crippen molar-refractivity contribution in [3.05, 3.63) is 35.9 Å². The number of nitrogen functional groups attached to an aromatic ring is 2. The lowest BCUT2D eigenvalue weighted by atomic mass is 10.1. The first-order chi connectivity index (χ1) is 8.24. The number of benzene rings is 1. The van der Waals surface area contributed by atoms with Crippen molar-refractivity contribution in [1.82, 2.24) is 9.78 Å². The molecule has 0 spiro atoms. The summed E-state index contributed by atoms with van der Waals surface area (Å²) in [5.41, 5.74) is 19.2. The molecule has 90 valence electrons. The third-order valence-corrected chi connectivity index (χ3v) is 2.69. The number of hydrogen-bond donors (Lipinski definition) is 3. The van der Waals surface area contributed by atoms with E-state index in [1.807, 2.05) is 30.3 Å². The van der Waals surface area contributed by atoms with E-state index in [0.717, 1.165) is 24.1 Å². The van der Waals surface area contributed by atoms with Gasteiger partial charge in [0.05, 0.1) is 5.69 Å². The molecule has 2 aromatic rings. The van der Waals surface area contributed by atoms with Gasteiger partial charge in [-0.1, -0.05) is 18.2 Å². The summed E-state index contributed by atoms with van der Waals surface area (Å²) in [6.07, 6.45) is 1.62. The molecule has 6 N–H and O–H groups in total. The molecule has 0 amide bonds. The Labute approximate surface area is 100 Å². The summed E-state index contributed by atoms with van der Waals surface area (Å²) in [5, 5.41) is 4.26. The smallest absolute Gasteiger partial charge is 0.151 e. The van der Waals surface area contributed by atoms with Crippen molar-refractivity contribution in [3.63, 3.8) is 0 Å². The highest BCUT2D eigenvalue weighted by Gasteiger charge is 2.13. The van der Waals surface area contributed by atoms with Crippen LogP contribution in [0.15, 0.2) is 30.3 Å². The van der Waals surface area contributed by atoms with Crippen LogP contribution in [0, 0.1) is 0 Å². The summed E-state index contributed by atoms with van der Waals surface area (Å²) in [5.74, 6) is 1.09. The predicted octanol–water partition coefficient (Wildman–Crippen LogP) is 0.928. The average molecular weight is 231 g/mol. The standard InChI is InChI=1S/C12H17N5/c13-8-4-7-10-11(14)16-17(12(10)15)9-5-2-1-3-6-9/h1-3,5-6H,4,7-8,13,15H2,(H2,14,16). The summed E-state index contributed by atoms with van der Waals surface area (Å²) in [7, 11) is 0. The highest BCUT2D eigenvalue weighted by Crippen LogP contribution is 2.23. The molecule has 1 aromatic heterocycles. The molecule has 0 radical (unpaired) electrons. The van der Waals surface area contributed by atoms with Gasteiger partial charge in [-0.15, -0.1) is 5.10 Å². The minimum Gasteiger partial charge on any atom is -0.383 e. The maximum absolute atomic E-state index is 6.06. The zero-order chi connectivity index (χ0) is 12.3. The SMILES string of the molecule is NCCCc1c(N)nn(-c2ccccc2)c1N. The molecule has 2 rings (SSSR count). The summed E-state index contributed by atoms with van der Waals surface area (Å²) >= 11 is 0. The van der Waals surface area contributed by atoms with E-state index in [1.165, 1.54) is 0 Å². The van der Waals surface area contributed by atoms with Gasteiger partial charge in [-0.2, -0.15) is 0 Å². The molecule has 5 heteroatoms. The van der Waals surface area contributed by atoms with Crippen LogP contribution in [0.3, 0.4) is 0 Å². The van der Waals surface area contributed by atoms with Crippen LogP contribution < -0.4 is 17.2 Å². The van der Waals surface area contributed by atoms with Gasteiger partial charge in [-0.05, 0) is 31.5 Å². The van der Waals surface area contributed by atoms with E-state index in [4.69, 9.17) is 17.2 Å². The fourth-order valence-corrected chi connectivity index (χ4v) is 1.78. The molecule has 0 saturated carbocycles. The first-order valence-electron chi connectivity index (χ1n) is 5.62. The Hall–Kier alpha value is -2.01. The van der Waals surface area contributed by atoms with Gasteiger partial charge < -0.3 is 17.2 Å². The zero-order valence-corrected chi connectivity index (χ0v) is 9.63. The van der Waals surface area contributed by atoms with Crippen LogP contribution in [0.25, 0.3) is 5.69 Å². The zero-order valence-electron chi connectivity index (χ0n) is 9.63. The lowest BCUT2D eigenvalue weighted by molar-refractivity contribution is 0.835. The van der Waals surface area contributed by atoms with Crippen LogP contribution in [0.2, 0.25) is 0 Å². The second kappa shape index (κ2) is 4.88. The van der Waals surface area contributed by atoms with E-state index in [-0.39, 0.29) is 0 Å². The number of hydrogen-bond acceptors (Lipinski definition) is 4. The lowest BCUT2D eigenvalue weighted by Gasteiger charge is -2.04. The van der Waals surface area contributed by atoms with Gasteiger partial charge in [0.25, 0.3) is 0 Å². The number of nitrogens with two attached hydrogens (primary N) is 3. The van der Waals surface area contributed by atoms with Crippen molar-refractivity contribution >= 4 is 11.6 Å². The number of rotatable bonds is 4. The van der Waals surface area contributed by atoms with Crippen LogP contribution in [-0.2, 0) is 6.42 Å². The van der Waals surface area contributed by atoms with Crippen LogP contribution >= 0.6 is 0 Å². The van der Waals surface area contributed by atoms with E-state index >= 15 is 0 Å². The van der Waals surface area contributed by atoms with Crippen LogP contribution in [0.5, 0.6) is 0 Å². The number of para-hydroxylation sites is 1. The van der Waals surface area contributed by atoms with Crippen LogP contribution in [0.4, 0.5) is 11.6 Å². The third-order valence-electron chi connectivity index (χ3n) is 2.69. The Balaban J connectivity index is 2.37. The molecule has 5 nitrogen and oxygen atoms in total. The second-order valence-electron chi connectivity index (χ2n) is 3.89. The molecule has 0 aliphatic heterocycles. The van der Waals surface area contributed by atoms with Crippen LogP contribution in [-0.4, -0.2) is 16.3 Å². The van der Waals surface area contributed by atoms with E-state index in [2.05, 4.69) is 5.10 Å². The second-order valence-corrected chi connectivity index (χ2v) is 3.89. The minimum absolute atomic E-state index is 0.486. The number of anilines is 2. The Kier molecular flexibility index (Phi) is 3.30. The molecule has 0 unspecified atom stereocenters. The highest BCUT2D eigenvalue weighted by atomic mass is 15.3. The largest absolute Gasteiger partial charge is 0.383 e. The van der Waals surface area contributed by atoms with Crippen molar-refractivity contribution in [3.8, 4) is 5.69 Å². The van der Waals surface area contributed by atoms with E-state index in [1.54, 1.807) is 4.68 Å². The number of nitrogens with zero attached hydrogens (tertiary/aromatic N) is 2. The van der Waals surface area contributed by atoms with Gasteiger partial charge in [0.2, 0.25) is 0 Å². The molecule has 17 heavy (non-hydrogen) atoms. The van der Waals surface area contributed by atoms with E-state index < -0.39 is 0 Å². The van der Waals surface area contributed by atoms with Gasteiger partial charge >= 0.3 is 0 Å². The minimum atomic E-state index is 0.486. The number of aromatic nitrogens is 2. The fourth-order valence-electron chi connectivity index (χ4n) is 1.78. The quantitative estimate of drug-likeness (QED) is 0.729. The normalized spacial score (nSPS) is 10.6. The maximum Gasteiger partial charge on any atom is 0.151 e. The first kappa shape index (κ1) is 11.5. The van der Waals surface area contributed by atoms with E-state index in [0.29, 0.717) is 18.2 Å². The Bertz CT molecular complexity index is 489. The average Bonchev–Trinajstić information content (AvgIpc) is 2.64. The molecule has 0 atom stereocenters. The van der Waals surface area contributed by atoms with Gasteiger partial charge in [-0.25, -0.2) is 4.68 Å². The monoisotopic (exact) mass is 231 g/mol. The van der Waals surface area contributed by atoms with E-state index in [9.17, 15) is 0 Å². The van der Waals surface area contributed by atoms with Gasteiger partial charge in [-0.3, -0.25) is 0 Å². The molecule has 0 aliphatic carbocycles. The molecular weight excluding hydrogens is 214 g/mol. The molecule has 0 bridgehead atoms. The Morgan fingerprint density at radius 3 is 2.47 bits per heavy atom. The molecule has 1 heterocycles. The maximum atomic E-state index is 6.06. The molecule has 0 aliphatic rings. The summed E-state index contributed by atoms with van der Waals surface area (Å²) in [4.78, 5) is 0. The molecule has 0 saturated heterocycles. The fraction of sp³-hybridized carbons (Fsp3) is 0.250. The summed E-state index contributed by atoms with van der Waals surface area (Å²) in [6.45, 7) is 0.620. The lowest BCUT2D eigenvalue weighted by Crippen LogP contribution is -2.05. The van der Waals surface area contributed by atoms with Crippen molar-refractivity contribution in [2.24, 2.45) is 5.73 Å². The van der Waals surface area contributed by atoms with Gasteiger partial charge in [0, 0.05) is 5.56 Å². The molecule has 1 aromatic carbocycles. The van der Waals surface area contributed by atoms with Crippen molar-refractivity contribution in [1.29, 1.82) is 0 Å².